The van der Waals surface area contributed by atoms with Crippen molar-refractivity contribution in [3.63, 3.8) is 0 Å². The summed E-state index contributed by atoms with van der Waals surface area (Å²) >= 11 is 0. The number of aromatic nitrogens is 1. The van der Waals surface area contributed by atoms with Crippen molar-refractivity contribution in [2.75, 3.05) is 12.3 Å². The van der Waals surface area contributed by atoms with Crippen LogP contribution in [0, 0.1) is 0 Å². The fourth-order valence-electron chi connectivity index (χ4n) is 0.900. The molecule has 0 radical (unpaired) electrons. The number of nitrogens with two attached hydrogens (primary N) is 1. The van der Waals surface area contributed by atoms with Gasteiger partial charge in [-0.05, 0) is 18.6 Å². The van der Waals surface area contributed by atoms with Crippen LogP contribution in [0.25, 0.3) is 0 Å². The highest BCUT2D eigenvalue weighted by atomic mass is 16.1. The summed E-state index contributed by atoms with van der Waals surface area (Å²) in [4.78, 5) is 15.2. The SMILES string of the molecule is CCCNC(=O)c1cc(N)ccn1. The molecule has 1 aromatic heterocycles. The first kappa shape index (κ1) is 9.51. The van der Waals surface area contributed by atoms with E-state index in [1.165, 1.54) is 6.20 Å². The fraction of sp³-hybridized carbons (Fsp3) is 0.333. The van der Waals surface area contributed by atoms with E-state index in [2.05, 4.69) is 10.3 Å². The Balaban J connectivity index is 2.66. The largest absolute Gasteiger partial charge is 0.399 e. The van der Waals surface area contributed by atoms with Crippen molar-refractivity contribution >= 4 is 11.6 Å². The van der Waals surface area contributed by atoms with Gasteiger partial charge in [0, 0.05) is 18.4 Å². The summed E-state index contributed by atoms with van der Waals surface area (Å²) in [5.41, 5.74) is 6.43. The molecule has 13 heavy (non-hydrogen) atoms. The highest BCUT2D eigenvalue weighted by Gasteiger charge is 2.04. The fourth-order valence-corrected chi connectivity index (χ4v) is 0.900. The molecule has 0 aromatic carbocycles. The molecule has 0 atom stereocenters. The molecular formula is C9H13N3O. The van der Waals surface area contributed by atoms with Gasteiger partial charge in [0.1, 0.15) is 5.69 Å². The summed E-state index contributed by atoms with van der Waals surface area (Å²) in [6.45, 7) is 2.66. The molecule has 0 spiro atoms. The molecule has 0 aliphatic carbocycles. The van der Waals surface area contributed by atoms with Crippen molar-refractivity contribution in [3.05, 3.63) is 24.0 Å². The molecule has 4 nitrogen and oxygen atoms in total. The molecule has 0 saturated carbocycles. The number of carbonyl (C=O) groups is 1. The summed E-state index contributed by atoms with van der Waals surface area (Å²) in [6.07, 6.45) is 2.43. The number of anilines is 1. The molecule has 70 valence electrons. The standard InChI is InChI=1S/C9H13N3O/c1-2-4-12-9(13)8-6-7(10)3-5-11-8/h3,5-6H,2,4H2,1H3,(H2,10,11)(H,12,13). The van der Waals surface area contributed by atoms with Gasteiger partial charge in [0.15, 0.2) is 0 Å². The maximum absolute atomic E-state index is 11.3. The minimum atomic E-state index is -0.172. The quantitative estimate of drug-likeness (QED) is 0.721. The smallest absolute Gasteiger partial charge is 0.269 e. The Labute approximate surface area is 77.2 Å². The molecule has 1 heterocycles. The lowest BCUT2D eigenvalue weighted by atomic mass is 10.3. The number of nitrogens with one attached hydrogen (secondary N) is 1. The van der Waals surface area contributed by atoms with Crippen molar-refractivity contribution < 1.29 is 4.79 Å². The van der Waals surface area contributed by atoms with Crippen LogP contribution < -0.4 is 11.1 Å². The molecule has 0 aliphatic rings. The van der Waals surface area contributed by atoms with Crippen LogP contribution >= 0.6 is 0 Å². The van der Waals surface area contributed by atoms with Crippen molar-refractivity contribution in [2.45, 2.75) is 13.3 Å². The minimum Gasteiger partial charge on any atom is -0.399 e. The lowest BCUT2D eigenvalue weighted by molar-refractivity contribution is 0.0949. The van der Waals surface area contributed by atoms with Gasteiger partial charge in [-0.2, -0.15) is 0 Å². The number of rotatable bonds is 3. The Hall–Kier alpha value is -1.58. The van der Waals surface area contributed by atoms with E-state index in [1.807, 2.05) is 6.92 Å². The van der Waals surface area contributed by atoms with E-state index in [0.717, 1.165) is 6.42 Å². The molecule has 1 aromatic rings. The molecule has 0 bridgehead atoms. The van der Waals surface area contributed by atoms with E-state index >= 15 is 0 Å². The molecule has 0 aliphatic heterocycles. The maximum atomic E-state index is 11.3. The normalized spacial score (nSPS) is 9.62. The van der Waals surface area contributed by atoms with Gasteiger partial charge < -0.3 is 11.1 Å². The van der Waals surface area contributed by atoms with Gasteiger partial charge in [-0.15, -0.1) is 0 Å². The maximum Gasteiger partial charge on any atom is 0.269 e. The van der Waals surface area contributed by atoms with Crippen LogP contribution in [-0.2, 0) is 0 Å². The molecule has 1 amide bonds. The number of carbonyl (C=O) groups excluding carboxylic acids is 1. The van der Waals surface area contributed by atoms with Crippen LogP contribution in [0.1, 0.15) is 23.8 Å². The second-order valence-corrected chi connectivity index (χ2v) is 2.73. The first-order valence-electron chi connectivity index (χ1n) is 4.23. The van der Waals surface area contributed by atoms with Crippen LogP contribution in [-0.4, -0.2) is 17.4 Å². The third kappa shape index (κ3) is 2.74. The van der Waals surface area contributed by atoms with Crippen LogP contribution in [0.4, 0.5) is 5.69 Å². The van der Waals surface area contributed by atoms with Crippen molar-refractivity contribution in [3.8, 4) is 0 Å². The monoisotopic (exact) mass is 179 g/mol. The Bertz CT molecular complexity index is 299. The van der Waals surface area contributed by atoms with E-state index in [0.29, 0.717) is 17.9 Å². The summed E-state index contributed by atoms with van der Waals surface area (Å²) in [5, 5.41) is 2.72. The Morgan fingerprint density at radius 2 is 2.46 bits per heavy atom. The Morgan fingerprint density at radius 1 is 1.69 bits per heavy atom. The van der Waals surface area contributed by atoms with Crippen molar-refractivity contribution in [2.24, 2.45) is 0 Å². The predicted octanol–water partition coefficient (Wildman–Crippen LogP) is 0.804. The third-order valence-corrected chi connectivity index (χ3v) is 1.55. The summed E-state index contributed by atoms with van der Waals surface area (Å²) < 4.78 is 0. The number of pyridine rings is 1. The van der Waals surface area contributed by atoms with Gasteiger partial charge in [0.05, 0.1) is 0 Å². The van der Waals surface area contributed by atoms with E-state index < -0.39 is 0 Å². The number of nitrogen functional groups attached to an aromatic ring is 1. The lowest BCUT2D eigenvalue weighted by Gasteiger charge is -2.02. The number of amides is 1. The average Bonchev–Trinajstić information content (AvgIpc) is 2.14. The van der Waals surface area contributed by atoms with Gasteiger partial charge in [-0.3, -0.25) is 9.78 Å². The van der Waals surface area contributed by atoms with Gasteiger partial charge >= 0.3 is 0 Å². The summed E-state index contributed by atoms with van der Waals surface area (Å²) in [5.74, 6) is -0.172. The molecule has 0 fully saturated rings. The summed E-state index contributed by atoms with van der Waals surface area (Å²) in [6, 6.07) is 3.21. The first-order chi connectivity index (χ1) is 6.24. The van der Waals surface area contributed by atoms with Crippen LogP contribution in [0.2, 0.25) is 0 Å². The second-order valence-electron chi connectivity index (χ2n) is 2.73. The predicted molar refractivity (Wildman–Crippen MR) is 51.3 cm³/mol. The Kier molecular flexibility index (Phi) is 3.25. The van der Waals surface area contributed by atoms with Gasteiger partial charge in [0.2, 0.25) is 0 Å². The van der Waals surface area contributed by atoms with E-state index in [4.69, 9.17) is 5.73 Å². The molecule has 1 rings (SSSR count). The van der Waals surface area contributed by atoms with E-state index in [1.54, 1.807) is 12.1 Å². The highest BCUT2D eigenvalue weighted by Crippen LogP contribution is 2.02. The second kappa shape index (κ2) is 4.45. The minimum absolute atomic E-state index is 0.172. The van der Waals surface area contributed by atoms with Gasteiger partial charge in [-0.25, -0.2) is 0 Å². The number of nitrogens with zero attached hydrogens (tertiary/aromatic N) is 1. The molecule has 3 N–H and O–H groups in total. The van der Waals surface area contributed by atoms with Crippen LogP contribution in [0.15, 0.2) is 18.3 Å². The lowest BCUT2D eigenvalue weighted by Crippen LogP contribution is -2.24. The van der Waals surface area contributed by atoms with E-state index in [-0.39, 0.29) is 5.91 Å². The molecule has 0 unspecified atom stereocenters. The van der Waals surface area contributed by atoms with Gasteiger partial charge in [0.25, 0.3) is 5.91 Å². The molecule has 0 saturated heterocycles. The zero-order chi connectivity index (χ0) is 9.68. The van der Waals surface area contributed by atoms with Gasteiger partial charge in [-0.1, -0.05) is 6.92 Å². The van der Waals surface area contributed by atoms with Crippen molar-refractivity contribution in [1.29, 1.82) is 0 Å². The highest BCUT2D eigenvalue weighted by molar-refractivity contribution is 5.92. The number of hydrogen-bond donors (Lipinski definition) is 2. The zero-order valence-corrected chi connectivity index (χ0v) is 7.58. The van der Waals surface area contributed by atoms with Crippen molar-refractivity contribution in [1.82, 2.24) is 10.3 Å². The first-order valence-corrected chi connectivity index (χ1v) is 4.23. The van der Waals surface area contributed by atoms with E-state index in [9.17, 15) is 4.79 Å². The molecular weight excluding hydrogens is 166 g/mol. The topological polar surface area (TPSA) is 68.0 Å². The summed E-state index contributed by atoms with van der Waals surface area (Å²) in [7, 11) is 0. The average molecular weight is 179 g/mol. The third-order valence-electron chi connectivity index (χ3n) is 1.55. The zero-order valence-electron chi connectivity index (χ0n) is 7.58. The van der Waals surface area contributed by atoms with Crippen LogP contribution in [0.3, 0.4) is 0 Å². The molecule has 4 heteroatoms. The van der Waals surface area contributed by atoms with Crippen LogP contribution in [0.5, 0.6) is 0 Å². The number of hydrogen-bond acceptors (Lipinski definition) is 3. The Morgan fingerprint density at radius 3 is 3.08 bits per heavy atom.